The second-order valence-corrected chi connectivity index (χ2v) is 2.56. The zero-order chi connectivity index (χ0) is 7.28. The van der Waals surface area contributed by atoms with E-state index in [1.54, 1.807) is 0 Å². The molecule has 0 rings (SSSR count). The van der Waals surface area contributed by atoms with Crippen molar-refractivity contribution in [3.05, 3.63) is 22.7 Å². The van der Waals surface area contributed by atoms with Gasteiger partial charge in [-0.05, 0) is 19.9 Å². The van der Waals surface area contributed by atoms with E-state index in [0.29, 0.717) is 0 Å². The molecule has 0 aromatic carbocycles. The summed E-state index contributed by atoms with van der Waals surface area (Å²) in [5.41, 5.74) is 0. The van der Waals surface area contributed by atoms with Crippen molar-refractivity contribution in [1.82, 2.24) is 0 Å². The molecule has 2 heteroatoms. The van der Waals surface area contributed by atoms with Crippen molar-refractivity contribution < 1.29 is 4.79 Å². The van der Waals surface area contributed by atoms with Crippen LogP contribution in [0.1, 0.15) is 13.8 Å². The summed E-state index contributed by atoms with van der Waals surface area (Å²) in [4.78, 5) is 10.4. The normalized spacial score (nSPS) is 12.6. The molecular weight excluding hydrogens is 180 g/mol. The Morgan fingerprint density at radius 3 is 2.44 bits per heavy atom. The SMILES string of the molecule is C/C=C\C(Br)=C/C(C)=O. The highest BCUT2D eigenvalue weighted by Gasteiger charge is 1.85. The van der Waals surface area contributed by atoms with E-state index in [4.69, 9.17) is 0 Å². The van der Waals surface area contributed by atoms with Gasteiger partial charge in [0.1, 0.15) is 0 Å². The van der Waals surface area contributed by atoms with Gasteiger partial charge in [-0.3, -0.25) is 4.79 Å². The fourth-order valence-corrected chi connectivity index (χ4v) is 0.988. The summed E-state index contributed by atoms with van der Waals surface area (Å²) < 4.78 is 0.817. The highest BCUT2D eigenvalue weighted by atomic mass is 79.9. The average Bonchev–Trinajstić information content (AvgIpc) is 1.63. The largest absolute Gasteiger partial charge is 0.295 e. The van der Waals surface area contributed by atoms with E-state index in [-0.39, 0.29) is 5.78 Å². The number of allylic oxidation sites excluding steroid dienone is 4. The third kappa shape index (κ3) is 5.50. The zero-order valence-electron chi connectivity index (χ0n) is 5.52. The Balaban J connectivity index is 4.00. The highest BCUT2D eigenvalue weighted by Crippen LogP contribution is 2.05. The minimum atomic E-state index is 0.0555. The maximum atomic E-state index is 10.4. The number of hydrogen-bond donors (Lipinski definition) is 0. The van der Waals surface area contributed by atoms with Gasteiger partial charge in [0.25, 0.3) is 0 Å². The van der Waals surface area contributed by atoms with Crippen LogP contribution in [0.4, 0.5) is 0 Å². The van der Waals surface area contributed by atoms with Crippen LogP contribution in [0.5, 0.6) is 0 Å². The van der Waals surface area contributed by atoms with Crippen LogP contribution < -0.4 is 0 Å². The van der Waals surface area contributed by atoms with E-state index in [2.05, 4.69) is 15.9 Å². The first-order valence-corrected chi connectivity index (χ1v) is 3.46. The Bertz CT molecular complexity index is 156. The lowest BCUT2D eigenvalue weighted by atomic mass is 10.4. The maximum absolute atomic E-state index is 10.4. The van der Waals surface area contributed by atoms with Gasteiger partial charge in [0.05, 0.1) is 0 Å². The number of halogens is 1. The van der Waals surface area contributed by atoms with Crippen molar-refractivity contribution in [3.63, 3.8) is 0 Å². The van der Waals surface area contributed by atoms with Gasteiger partial charge in [0, 0.05) is 4.48 Å². The molecular formula is C7H9BrO. The summed E-state index contributed by atoms with van der Waals surface area (Å²) >= 11 is 3.19. The lowest BCUT2D eigenvalue weighted by Gasteiger charge is -1.83. The molecule has 0 aliphatic carbocycles. The van der Waals surface area contributed by atoms with Crippen LogP contribution in [0.3, 0.4) is 0 Å². The van der Waals surface area contributed by atoms with Crippen LogP contribution in [0.2, 0.25) is 0 Å². The first kappa shape index (κ1) is 8.63. The molecule has 0 unspecified atom stereocenters. The summed E-state index contributed by atoms with van der Waals surface area (Å²) in [6, 6.07) is 0. The Morgan fingerprint density at radius 1 is 1.56 bits per heavy atom. The molecule has 0 radical (unpaired) electrons. The average molecular weight is 189 g/mol. The highest BCUT2D eigenvalue weighted by molar-refractivity contribution is 9.11. The van der Waals surface area contributed by atoms with Crippen molar-refractivity contribution in [2.24, 2.45) is 0 Å². The molecule has 50 valence electrons. The zero-order valence-corrected chi connectivity index (χ0v) is 7.10. The molecule has 0 atom stereocenters. The van der Waals surface area contributed by atoms with Gasteiger partial charge >= 0.3 is 0 Å². The molecule has 0 spiro atoms. The molecule has 0 saturated carbocycles. The predicted molar refractivity (Wildman–Crippen MR) is 42.5 cm³/mol. The number of ketones is 1. The third-order valence-electron chi connectivity index (χ3n) is 0.667. The Labute approximate surface area is 63.6 Å². The van der Waals surface area contributed by atoms with E-state index < -0.39 is 0 Å². The summed E-state index contributed by atoms with van der Waals surface area (Å²) in [5.74, 6) is 0.0555. The first-order chi connectivity index (χ1) is 4.16. The first-order valence-electron chi connectivity index (χ1n) is 2.67. The van der Waals surface area contributed by atoms with Gasteiger partial charge in [-0.15, -0.1) is 0 Å². The maximum Gasteiger partial charge on any atom is 0.153 e. The van der Waals surface area contributed by atoms with Crippen LogP contribution in [0.25, 0.3) is 0 Å². The van der Waals surface area contributed by atoms with Crippen LogP contribution in [-0.4, -0.2) is 5.78 Å². The second kappa shape index (κ2) is 4.50. The van der Waals surface area contributed by atoms with Crippen LogP contribution in [-0.2, 0) is 4.79 Å². The fourth-order valence-electron chi connectivity index (χ4n) is 0.402. The summed E-state index contributed by atoms with van der Waals surface area (Å²) in [7, 11) is 0. The number of carbonyl (C=O) groups is 1. The van der Waals surface area contributed by atoms with E-state index in [9.17, 15) is 4.79 Å². The van der Waals surface area contributed by atoms with Crippen LogP contribution >= 0.6 is 15.9 Å². The van der Waals surface area contributed by atoms with Crippen LogP contribution in [0, 0.1) is 0 Å². The molecule has 0 N–H and O–H groups in total. The molecule has 0 amide bonds. The van der Waals surface area contributed by atoms with Gasteiger partial charge in [-0.2, -0.15) is 0 Å². The van der Waals surface area contributed by atoms with E-state index in [1.807, 2.05) is 19.1 Å². The van der Waals surface area contributed by atoms with Gasteiger partial charge in [0.15, 0.2) is 5.78 Å². The molecule has 0 fully saturated rings. The third-order valence-corrected chi connectivity index (χ3v) is 1.16. The molecule has 0 aromatic rings. The van der Waals surface area contributed by atoms with Crippen molar-refractivity contribution in [2.75, 3.05) is 0 Å². The Kier molecular flexibility index (Phi) is 4.32. The van der Waals surface area contributed by atoms with Gasteiger partial charge in [-0.25, -0.2) is 0 Å². The monoisotopic (exact) mass is 188 g/mol. The molecule has 0 aromatic heterocycles. The molecule has 0 aliphatic heterocycles. The topological polar surface area (TPSA) is 17.1 Å². The summed E-state index contributed by atoms with van der Waals surface area (Å²) in [5, 5.41) is 0. The smallest absolute Gasteiger partial charge is 0.153 e. The van der Waals surface area contributed by atoms with E-state index in [0.717, 1.165) is 4.48 Å². The van der Waals surface area contributed by atoms with Gasteiger partial charge in [-0.1, -0.05) is 28.1 Å². The standard InChI is InChI=1S/C7H9BrO/c1-3-4-7(8)5-6(2)9/h3-5H,1-2H3/b4-3-,7-5+. The number of hydrogen-bond acceptors (Lipinski definition) is 1. The molecule has 0 aliphatic rings. The summed E-state index contributed by atoms with van der Waals surface area (Å²) in [6.45, 7) is 3.42. The lowest BCUT2D eigenvalue weighted by molar-refractivity contribution is -0.112. The van der Waals surface area contributed by atoms with Crippen molar-refractivity contribution in [1.29, 1.82) is 0 Å². The molecule has 0 saturated heterocycles. The number of rotatable bonds is 2. The summed E-state index contributed by atoms with van der Waals surface area (Å²) in [6.07, 6.45) is 5.21. The predicted octanol–water partition coefficient (Wildman–Crippen LogP) is 2.43. The van der Waals surface area contributed by atoms with Gasteiger partial charge < -0.3 is 0 Å². The quantitative estimate of drug-likeness (QED) is 0.481. The Hall–Kier alpha value is -0.370. The Morgan fingerprint density at radius 2 is 2.11 bits per heavy atom. The van der Waals surface area contributed by atoms with Crippen molar-refractivity contribution >= 4 is 21.7 Å². The lowest BCUT2D eigenvalue weighted by Crippen LogP contribution is -1.80. The van der Waals surface area contributed by atoms with Crippen molar-refractivity contribution in [3.8, 4) is 0 Å². The van der Waals surface area contributed by atoms with E-state index >= 15 is 0 Å². The van der Waals surface area contributed by atoms with Crippen molar-refractivity contribution in [2.45, 2.75) is 13.8 Å². The molecule has 1 nitrogen and oxygen atoms in total. The molecule has 0 bridgehead atoms. The number of carbonyl (C=O) groups excluding carboxylic acids is 1. The van der Waals surface area contributed by atoms with E-state index in [1.165, 1.54) is 13.0 Å². The second-order valence-electron chi connectivity index (χ2n) is 1.64. The molecule has 9 heavy (non-hydrogen) atoms. The minimum absolute atomic E-state index is 0.0555. The minimum Gasteiger partial charge on any atom is -0.295 e. The van der Waals surface area contributed by atoms with Gasteiger partial charge in [0.2, 0.25) is 0 Å². The van der Waals surface area contributed by atoms with Crippen LogP contribution in [0.15, 0.2) is 22.7 Å². The fraction of sp³-hybridized carbons (Fsp3) is 0.286. The molecule has 0 heterocycles.